The summed E-state index contributed by atoms with van der Waals surface area (Å²) >= 11 is 0. The van der Waals surface area contributed by atoms with Gasteiger partial charge in [-0.2, -0.15) is 0 Å². The van der Waals surface area contributed by atoms with Crippen LogP contribution in [0, 0.1) is 11.6 Å². The highest BCUT2D eigenvalue weighted by atomic mass is 19.1. The van der Waals surface area contributed by atoms with Crippen molar-refractivity contribution in [3.05, 3.63) is 34.2 Å². The average molecular weight is 438 g/mol. The third-order valence-corrected chi connectivity index (χ3v) is 4.78. The van der Waals surface area contributed by atoms with E-state index in [9.17, 15) is 18.4 Å². The molecule has 168 valence electrons. The van der Waals surface area contributed by atoms with Crippen LogP contribution in [0.5, 0.6) is 0 Å². The van der Waals surface area contributed by atoms with Crippen LogP contribution < -0.4 is 9.80 Å². The standard InChI is InChI=1S/C19H24F2N6O4/c1-19(2,3)31-17(28)26-6-4-25(5-7-26)16-14(20)8-12(9-15(16)21)27-11-13(10-23-24-22)30-18(27)29/h8-9,13H,4-7,10-11H2,1-3H3/t13-/m0/s1. The van der Waals surface area contributed by atoms with Crippen LogP contribution in [0.2, 0.25) is 0 Å². The fourth-order valence-corrected chi connectivity index (χ4v) is 3.40. The van der Waals surface area contributed by atoms with E-state index in [1.807, 2.05) is 0 Å². The van der Waals surface area contributed by atoms with E-state index in [0.29, 0.717) is 0 Å². The molecule has 12 heteroatoms. The number of cyclic esters (lactones) is 1. The number of benzene rings is 1. The molecule has 31 heavy (non-hydrogen) atoms. The smallest absolute Gasteiger partial charge is 0.414 e. The Morgan fingerprint density at radius 1 is 1.26 bits per heavy atom. The van der Waals surface area contributed by atoms with Crippen LogP contribution in [0.1, 0.15) is 20.8 Å². The van der Waals surface area contributed by atoms with Crippen LogP contribution in [0.3, 0.4) is 0 Å². The maximum atomic E-state index is 14.8. The van der Waals surface area contributed by atoms with E-state index in [-0.39, 0.29) is 50.6 Å². The molecule has 1 atom stereocenters. The third kappa shape index (κ3) is 5.26. The highest BCUT2D eigenvalue weighted by Gasteiger charge is 2.34. The Labute approximate surface area is 177 Å². The van der Waals surface area contributed by atoms with Crippen molar-refractivity contribution in [1.29, 1.82) is 0 Å². The molecule has 0 N–H and O–H groups in total. The van der Waals surface area contributed by atoms with Crippen LogP contribution in [0.4, 0.5) is 29.7 Å². The van der Waals surface area contributed by atoms with Crippen molar-refractivity contribution in [1.82, 2.24) is 4.90 Å². The predicted octanol–water partition coefficient (Wildman–Crippen LogP) is 3.66. The van der Waals surface area contributed by atoms with E-state index < -0.39 is 35.5 Å². The molecule has 2 aliphatic rings. The normalized spacial score (nSPS) is 19.2. The van der Waals surface area contributed by atoms with Gasteiger partial charge in [-0.3, -0.25) is 4.90 Å². The zero-order valence-corrected chi connectivity index (χ0v) is 17.5. The summed E-state index contributed by atoms with van der Waals surface area (Å²) in [6, 6.07) is 2.13. The van der Waals surface area contributed by atoms with E-state index in [2.05, 4.69) is 10.0 Å². The zero-order chi connectivity index (χ0) is 22.8. The first-order chi connectivity index (χ1) is 14.6. The van der Waals surface area contributed by atoms with Crippen molar-refractivity contribution in [2.24, 2.45) is 5.11 Å². The Morgan fingerprint density at radius 3 is 2.42 bits per heavy atom. The monoisotopic (exact) mass is 438 g/mol. The molecule has 2 aliphatic heterocycles. The van der Waals surface area contributed by atoms with Gasteiger partial charge in [-0.05, 0) is 26.3 Å². The molecule has 2 amide bonds. The lowest BCUT2D eigenvalue weighted by molar-refractivity contribution is 0.0240. The topological polar surface area (TPSA) is 111 Å². The van der Waals surface area contributed by atoms with Gasteiger partial charge in [0.1, 0.15) is 17.4 Å². The molecule has 0 bridgehead atoms. The van der Waals surface area contributed by atoms with Gasteiger partial charge in [0.2, 0.25) is 0 Å². The number of hydrogen-bond acceptors (Lipinski definition) is 6. The van der Waals surface area contributed by atoms with Gasteiger partial charge in [0.25, 0.3) is 0 Å². The molecule has 0 radical (unpaired) electrons. The SMILES string of the molecule is CC(C)(C)OC(=O)N1CCN(c2c(F)cc(N3C[C@H](CN=[N+]=[N-])OC3=O)cc2F)CC1. The molecule has 0 unspecified atom stereocenters. The van der Waals surface area contributed by atoms with Gasteiger partial charge in [-0.1, -0.05) is 5.11 Å². The van der Waals surface area contributed by atoms with Crippen molar-refractivity contribution in [3.8, 4) is 0 Å². The van der Waals surface area contributed by atoms with Gasteiger partial charge < -0.3 is 19.3 Å². The summed E-state index contributed by atoms with van der Waals surface area (Å²) in [7, 11) is 0. The minimum absolute atomic E-state index is 0.0135. The van der Waals surface area contributed by atoms with E-state index in [0.717, 1.165) is 17.0 Å². The Hall–Kier alpha value is -3.27. The minimum Gasteiger partial charge on any atom is -0.444 e. The van der Waals surface area contributed by atoms with Gasteiger partial charge in [-0.25, -0.2) is 18.4 Å². The first-order valence-electron chi connectivity index (χ1n) is 9.80. The lowest BCUT2D eigenvalue weighted by Gasteiger charge is -2.37. The van der Waals surface area contributed by atoms with Crippen molar-refractivity contribution >= 4 is 23.6 Å². The largest absolute Gasteiger partial charge is 0.444 e. The Balaban J connectivity index is 1.69. The van der Waals surface area contributed by atoms with E-state index in [1.54, 1.807) is 20.8 Å². The second-order valence-corrected chi connectivity index (χ2v) is 8.24. The Kier molecular flexibility index (Phi) is 6.40. The maximum Gasteiger partial charge on any atom is 0.414 e. The van der Waals surface area contributed by atoms with Crippen molar-refractivity contribution in [2.45, 2.75) is 32.5 Å². The number of ether oxygens (including phenoxy) is 2. The summed E-state index contributed by atoms with van der Waals surface area (Å²) in [5.41, 5.74) is 7.54. The number of azide groups is 1. The number of nitrogens with zero attached hydrogens (tertiary/aromatic N) is 6. The maximum absolute atomic E-state index is 14.8. The minimum atomic E-state index is -0.827. The third-order valence-electron chi connectivity index (χ3n) is 4.78. The van der Waals surface area contributed by atoms with Gasteiger partial charge in [0.05, 0.1) is 18.8 Å². The number of carbonyl (C=O) groups is 2. The number of carbonyl (C=O) groups excluding carboxylic acids is 2. The Bertz CT molecular complexity index is 884. The number of rotatable bonds is 4. The van der Waals surface area contributed by atoms with Gasteiger partial charge in [0, 0.05) is 43.2 Å². The lowest BCUT2D eigenvalue weighted by atomic mass is 10.2. The fourth-order valence-electron chi connectivity index (χ4n) is 3.40. The quantitative estimate of drug-likeness (QED) is 0.405. The molecular formula is C19H24F2N6O4. The number of piperazine rings is 1. The molecule has 2 heterocycles. The number of hydrogen-bond donors (Lipinski definition) is 0. The van der Waals surface area contributed by atoms with Crippen molar-refractivity contribution in [3.63, 3.8) is 0 Å². The molecular weight excluding hydrogens is 414 g/mol. The zero-order valence-electron chi connectivity index (χ0n) is 17.5. The average Bonchev–Trinajstić information content (AvgIpc) is 3.05. The van der Waals surface area contributed by atoms with Crippen LogP contribution in [0.25, 0.3) is 10.4 Å². The van der Waals surface area contributed by atoms with Crippen LogP contribution in [-0.4, -0.2) is 68.1 Å². The molecule has 0 aromatic heterocycles. The number of amides is 2. The summed E-state index contributed by atoms with van der Waals surface area (Å²) in [5, 5.41) is 3.35. The van der Waals surface area contributed by atoms with E-state index in [4.69, 9.17) is 15.0 Å². The predicted molar refractivity (Wildman–Crippen MR) is 108 cm³/mol. The summed E-state index contributed by atoms with van der Waals surface area (Å²) in [6.45, 7) is 6.23. The molecule has 3 rings (SSSR count). The second-order valence-electron chi connectivity index (χ2n) is 8.24. The fraction of sp³-hybridized carbons (Fsp3) is 0.579. The molecule has 10 nitrogen and oxygen atoms in total. The number of anilines is 2. The van der Waals surface area contributed by atoms with Gasteiger partial charge in [0.15, 0.2) is 11.6 Å². The van der Waals surface area contributed by atoms with Crippen molar-refractivity contribution in [2.75, 3.05) is 49.1 Å². The molecule has 1 aromatic rings. The molecule has 2 saturated heterocycles. The molecule has 1 aromatic carbocycles. The van der Waals surface area contributed by atoms with Gasteiger partial charge >= 0.3 is 12.2 Å². The lowest BCUT2D eigenvalue weighted by Crippen LogP contribution is -2.50. The molecule has 2 fully saturated rings. The molecule has 0 aliphatic carbocycles. The summed E-state index contributed by atoms with van der Waals surface area (Å²) < 4.78 is 40.0. The summed E-state index contributed by atoms with van der Waals surface area (Å²) in [6.07, 6.45) is -1.92. The number of halogens is 2. The second kappa shape index (κ2) is 8.84. The van der Waals surface area contributed by atoms with E-state index in [1.165, 1.54) is 9.80 Å². The Morgan fingerprint density at radius 2 is 1.87 bits per heavy atom. The van der Waals surface area contributed by atoms with Crippen LogP contribution in [-0.2, 0) is 9.47 Å². The highest BCUT2D eigenvalue weighted by Crippen LogP contribution is 2.31. The van der Waals surface area contributed by atoms with Crippen LogP contribution in [0.15, 0.2) is 17.2 Å². The first-order valence-corrected chi connectivity index (χ1v) is 9.80. The van der Waals surface area contributed by atoms with Crippen LogP contribution >= 0.6 is 0 Å². The highest BCUT2D eigenvalue weighted by molar-refractivity contribution is 5.90. The van der Waals surface area contributed by atoms with Gasteiger partial charge in [-0.15, -0.1) is 0 Å². The first kappa shape index (κ1) is 22.4. The van der Waals surface area contributed by atoms with E-state index >= 15 is 0 Å². The molecule has 0 spiro atoms. The summed E-state index contributed by atoms with van der Waals surface area (Å²) in [5.74, 6) is -1.65. The van der Waals surface area contributed by atoms with Crippen molar-refractivity contribution < 1.29 is 27.8 Å². The summed E-state index contributed by atoms with van der Waals surface area (Å²) in [4.78, 5) is 30.9. The molecule has 0 saturated carbocycles.